The lowest BCUT2D eigenvalue weighted by Crippen LogP contribution is -1.95. The van der Waals surface area contributed by atoms with Crippen LogP contribution in [0, 0.1) is 0 Å². The summed E-state index contributed by atoms with van der Waals surface area (Å²) in [6.07, 6.45) is 6.38. The van der Waals surface area contributed by atoms with Gasteiger partial charge >= 0.3 is 5.97 Å². The largest absolute Gasteiger partial charge is 0.478 e. The molecule has 0 aliphatic carbocycles. The van der Waals surface area contributed by atoms with E-state index in [1.54, 1.807) is 19.2 Å². The first kappa shape index (κ1) is 11.5. The minimum Gasteiger partial charge on any atom is -0.478 e. The number of carbonyl (C=O) groups is 1. The minimum absolute atomic E-state index is 0.306. The molecule has 0 radical (unpaired) electrons. The van der Waals surface area contributed by atoms with E-state index in [2.05, 4.69) is 16.9 Å². The van der Waals surface area contributed by atoms with Crippen molar-refractivity contribution in [3.05, 3.63) is 23.3 Å². The number of rotatable bonds is 5. The van der Waals surface area contributed by atoms with E-state index >= 15 is 0 Å². The first-order valence-corrected chi connectivity index (χ1v) is 5.09. The van der Waals surface area contributed by atoms with Gasteiger partial charge in [0.05, 0.1) is 11.9 Å². The van der Waals surface area contributed by atoms with Crippen molar-refractivity contribution < 1.29 is 9.90 Å². The molecule has 0 unspecified atom stereocenters. The predicted molar refractivity (Wildman–Crippen MR) is 58.5 cm³/mol. The highest BCUT2D eigenvalue weighted by Gasteiger charge is 2.02. The van der Waals surface area contributed by atoms with E-state index < -0.39 is 5.97 Å². The number of carboxylic acids is 1. The van der Waals surface area contributed by atoms with Crippen LogP contribution in [0.3, 0.4) is 0 Å². The fourth-order valence-corrected chi connectivity index (χ4v) is 1.22. The molecular formula is C11H16N2O2. The Morgan fingerprint density at radius 1 is 1.67 bits per heavy atom. The number of unbranched alkanes of at least 4 members (excludes halogenated alkanes) is 1. The monoisotopic (exact) mass is 208 g/mol. The van der Waals surface area contributed by atoms with Gasteiger partial charge in [0, 0.05) is 12.0 Å². The molecule has 2 N–H and O–H groups in total. The summed E-state index contributed by atoms with van der Waals surface area (Å²) in [4.78, 5) is 17.8. The van der Waals surface area contributed by atoms with Gasteiger partial charge in [0.25, 0.3) is 0 Å². The molecule has 0 saturated carbocycles. The van der Waals surface area contributed by atoms with Crippen molar-refractivity contribution >= 4 is 12.0 Å². The van der Waals surface area contributed by atoms with Crippen LogP contribution >= 0.6 is 0 Å². The highest BCUT2D eigenvalue weighted by Crippen LogP contribution is 2.06. The Labute approximate surface area is 89.0 Å². The molecule has 0 saturated heterocycles. The number of aromatic nitrogens is 2. The summed E-state index contributed by atoms with van der Waals surface area (Å²) in [5.41, 5.74) is 1.06. The van der Waals surface area contributed by atoms with Gasteiger partial charge in [-0.2, -0.15) is 0 Å². The van der Waals surface area contributed by atoms with Crippen molar-refractivity contribution in [3.63, 3.8) is 0 Å². The summed E-state index contributed by atoms with van der Waals surface area (Å²) in [6, 6.07) is 0. The molecule has 0 fully saturated rings. The fourth-order valence-electron chi connectivity index (χ4n) is 1.22. The molecule has 0 spiro atoms. The number of nitrogens with one attached hydrogen (secondary N) is 1. The second kappa shape index (κ2) is 5.34. The maximum atomic E-state index is 10.6. The fraction of sp³-hybridized carbons (Fsp3) is 0.455. The molecule has 1 rings (SSSR count). The Hall–Kier alpha value is -1.58. The van der Waals surface area contributed by atoms with Crippen LogP contribution in [0.1, 0.15) is 38.2 Å². The Kier molecular flexibility index (Phi) is 4.09. The zero-order valence-electron chi connectivity index (χ0n) is 9.08. The Morgan fingerprint density at radius 3 is 3.00 bits per heavy atom. The van der Waals surface area contributed by atoms with Gasteiger partial charge in [-0.3, -0.25) is 0 Å². The van der Waals surface area contributed by atoms with Gasteiger partial charge in [0.1, 0.15) is 5.82 Å². The highest BCUT2D eigenvalue weighted by atomic mass is 16.4. The van der Waals surface area contributed by atoms with Crippen LogP contribution in [0.4, 0.5) is 0 Å². The number of aromatic amines is 1. The highest BCUT2D eigenvalue weighted by molar-refractivity contribution is 5.91. The maximum absolute atomic E-state index is 10.6. The molecule has 0 bridgehead atoms. The summed E-state index contributed by atoms with van der Waals surface area (Å²) in [5.74, 6) is 0.0148. The molecule has 4 nitrogen and oxygen atoms in total. The first-order chi connectivity index (χ1) is 7.13. The van der Waals surface area contributed by atoms with E-state index in [-0.39, 0.29) is 0 Å². The van der Waals surface area contributed by atoms with Crippen LogP contribution in [0.2, 0.25) is 0 Å². The zero-order valence-corrected chi connectivity index (χ0v) is 9.08. The summed E-state index contributed by atoms with van der Waals surface area (Å²) < 4.78 is 0. The van der Waals surface area contributed by atoms with Gasteiger partial charge in [-0.1, -0.05) is 13.3 Å². The molecule has 15 heavy (non-hydrogen) atoms. The number of aliphatic carboxylic acids is 1. The Morgan fingerprint density at radius 2 is 2.40 bits per heavy atom. The number of aryl methyl sites for hydroxylation is 1. The third kappa shape index (κ3) is 3.58. The molecular weight excluding hydrogens is 192 g/mol. The average molecular weight is 208 g/mol. The molecule has 1 aromatic rings. The molecule has 1 aromatic heterocycles. The van der Waals surface area contributed by atoms with Gasteiger partial charge in [0.2, 0.25) is 0 Å². The van der Waals surface area contributed by atoms with Crippen molar-refractivity contribution in [1.82, 2.24) is 9.97 Å². The van der Waals surface area contributed by atoms with E-state index in [9.17, 15) is 4.79 Å². The Bertz CT molecular complexity index is 366. The van der Waals surface area contributed by atoms with Crippen molar-refractivity contribution in [3.8, 4) is 0 Å². The second-order valence-electron chi connectivity index (χ2n) is 3.52. The number of carboxylic acid groups (broad SMARTS) is 1. The van der Waals surface area contributed by atoms with Crippen LogP contribution in [-0.4, -0.2) is 21.0 Å². The van der Waals surface area contributed by atoms with Crippen molar-refractivity contribution in [2.45, 2.75) is 33.1 Å². The smallest absolute Gasteiger partial charge is 0.331 e. The quantitative estimate of drug-likeness (QED) is 0.729. The normalized spacial score (nSPS) is 11.7. The molecule has 0 aromatic carbocycles. The zero-order chi connectivity index (χ0) is 11.3. The molecule has 0 amide bonds. The summed E-state index contributed by atoms with van der Waals surface area (Å²) >= 11 is 0. The van der Waals surface area contributed by atoms with Gasteiger partial charge in [0.15, 0.2) is 0 Å². The molecule has 1 heterocycles. The number of hydrogen-bond donors (Lipinski definition) is 2. The summed E-state index contributed by atoms with van der Waals surface area (Å²) in [6.45, 7) is 3.69. The minimum atomic E-state index is -0.903. The van der Waals surface area contributed by atoms with Crippen molar-refractivity contribution in [2.24, 2.45) is 0 Å². The summed E-state index contributed by atoms with van der Waals surface area (Å²) in [7, 11) is 0. The van der Waals surface area contributed by atoms with E-state index in [1.807, 2.05) is 0 Å². The third-order valence-electron chi connectivity index (χ3n) is 2.12. The van der Waals surface area contributed by atoms with Crippen LogP contribution in [0.5, 0.6) is 0 Å². The lowest BCUT2D eigenvalue weighted by Gasteiger charge is -1.93. The van der Waals surface area contributed by atoms with Crippen LogP contribution in [-0.2, 0) is 11.2 Å². The SMILES string of the molecule is CCCCc1ncc(/C=C(\C)C(=O)O)[nH]1. The van der Waals surface area contributed by atoms with Gasteiger partial charge in [-0.15, -0.1) is 0 Å². The maximum Gasteiger partial charge on any atom is 0.331 e. The lowest BCUT2D eigenvalue weighted by molar-refractivity contribution is -0.132. The number of H-pyrrole nitrogens is 1. The average Bonchev–Trinajstić information content (AvgIpc) is 2.62. The van der Waals surface area contributed by atoms with E-state index in [0.717, 1.165) is 30.8 Å². The number of nitrogens with zero attached hydrogens (tertiary/aromatic N) is 1. The number of imidazole rings is 1. The lowest BCUT2D eigenvalue weighted by atomic mass is 10.2. The molecule has 0 atom stereocenters. The van der Waals surface area contributed by atoms with E-state index in [1.165, 1.54) is 0 Å². The number of hydrogen-bond acceptors (Lipinski definition) is 2. The van der Waals surface area contributed by atoms with Gasteiger partial charge in [-0.25, -0.2) is 9.78 Å². The summed E-state index contributed by atoms with van der Waals surface area (Å²) in [5, 5.41) is 8.69. The predicted octanol–water partition coefficient (Wildman–Crippen LogP) is 2.24. The van der Waals surface area contributed by atoms with Crippen molar-refractivity contribution in [2.75, 3.05) is 0 Å². The standard InChI is InChI=1S/C11H16N2O2/c1-3-4-5-10-12-7-9(13-10)6-8(2)11(14)15/h6-7H,3-5H2,1-2H3,(H,12,13)(H,14,15)/b8-6+. The first-order valence-electron chi connectivity index (χ1n) is 5.09. The van der Waals surface area contributed by atoms with Crippen LogP contribution < -0.4 is 0 Å². The van der Waals surface area contributed by atoms with Crippen molar-refractivity contribution in [1.29, 1.82) is 0 Å². The van der Waals surface area contributed by atoms with E-state index in [0.29, 0.717) is 5.57 Å². The topological polar surface area (TPSA) is 66.0 Å². The third-order valence-corrected chi connectivity index (χ3v) is 2.12. The van der Waals surface area contributed by atoms with Gasteiger partial charge in [-0.05, 0) is 19.4 Å². The van der Waals surface area contributed by atoms with Crippen LogP contribution in [0.15, 0.2) is 11.8 Å². The molecule has 0 aliphatic heterocycles. The second-order valence-corrected chi connectivity index (χ2v) is 3.52. The van der Waals surface area contributed by atoms with E-state index in [4.69, 9.17) is 5.11 Å². The molecule has 4 heteroatoms. The molecule has 82 valence electrons. The Balaban J connectivity index is 2.68. The van der Waals surface area contributed by atoms with Gasteiger partial charge < -0.3 is 10.1 Å². The molecule has 0 aliphatic rings. The van der Waals surface area contributed by atoms with Crippen LogP contribution in [0.25, 0.3) is 6.08 Å².